The van der Waals surface area contributed by atoms with Gasteiger partial charge in [0.05, 0.1) is 17.9 Å². The van der Waals surface area contributed by atoms with Crippen LogP contribution in [0.5, 0.6) is 0 Å². The summed E-state index contributed by atoms with van der Waals surface area (Å²) in [6.45, 7) is 3.79. The lowest BCUT2D eigenvalue weighted by Gasteiger charge is -2.16. The number of nitrogens with zero attached hydrogens (tertiary/aromatic N) is 2. The van der Waals surface area contributed by atoms with Crippen LogP contribution in [0.2, 0.25) is 0 Å². The molecule has 92 valence electrons. The molecule has 5 nitrogen and oxygen atoms in total. The van der Waals surface area contributed by atoms with Gasteiger partial charge in [-0.25, -0.2) is 4.98 Å². The zero-order chi connectivity index (χ0) is 12.3. The topological polar surface area (TPSA) is 71.2 Å². The standard InChI is InChI=1S/C12H18N4O/c1-9(13)12(17)15-10-4-5-11(14-8-10)16-6-2-3-7-16/h4-5,8-9H,2-3,6-7,13H2,1H3,(H,15,17)/t9-/m1/s1. The van der Waals surface area contributed by atoms with Crippen LogP contribution in [-0.2, 0) is 4.79 Å². The van der Waals surface area contributed by atoms with Crippen molar-refractivity contribution in [3.8, 4) is 0 Å². The molecule has 17 heavy (non-hydrogen) atoms. The molecule has 0 radical (unpaired) electrons. The lowest BCUT2D eigenvalue weighted by atomic mass is 10.3. The van der Waals surface area contributed by atoms with E-state index in [4.69, 9.17) is 5.73 Å². The zero-order valence-corrected chi connectivity index (χ0v) is 10.0. The molecule has 0 spiro atoms. The van der Waals surface area contributed by atoms with E-state index in [9.17, 15) is 4.79 Å². The number of carbonyl (C=O) groups is 1. The predicted octanol–water partition coefficient (Wildman–Crippen LogP) is 0.967. The van der Waals surface area contributed by atoms with Gasteiger partial charge >= 0.3 is 0 Å². The molecule has 0 bridgehead atoms. The first-order valence-corrected chi connectivity index (χ1v) is 5.94. The van der Waals surface area contributed by atoms with Crippen molar-refractivity contribution in [2.45, 2.75) is 25.8 Å². The van der Waals surface area contributed by atoms with Crippen molar-refractivity contribution < 1.29 is 4.79 Å². The lowest BCUT2D eigenvalue weighted by molar-refractivity contribution is -0.117. The molecule has 2 heterocycles. The van der Waals surface area contributed by atoms with Gasteiger partial charge in [-0.05, 0) is 31.9 Å². The van der Waals surface area contributed by atoms with E-state index in [1.165, 1.54) is 12.8 Å². The highest BCUT2D eigenvalue weighted by molar-refractivity contribution is 5.94. The quantitative estimate of drug-likeness (QED) is 0.817. The molecule has 3 N–H and O–H groups in total. The van der Waals surface area contributed by atoms with Crippen molar-refractivity contribution >= 4 is 17.4 Å². The molecule has 5 heteroatoms. The highest BCUT2D eigenvalue weighted by Crippen LogP contribution is 2.18. The van der Waals surface area contributed by atoms with Gasteiger partial charge in [-0.1, -0.05) is 0 Å². The smallest absolute Gasteiger partial charge is 0.241 e. The van der Waals surface area contributed by atoms with Gasteiger partial charge in [0.2, 0.25) is 5.91 Å². The van der Waals surface area contributed by atoms with Gasteiger partial charge in [-0.3, -0.25) is 4.79 Å². The third-order valence-electron chi connectivity index (χ3n) is 2.86. The van der Waals surface area contributed by atoms with E-state index < -0.39 is 6.04 Å². The second-order valence-corrected chi connectivity index (χ2v) is 4.38. The molecule has 0 aromatic carbocycles. The Labute approximate surface area is 101 Å². The molecule has 1 aromatic rings. The minimum absolute atomic E-state index is 0.194. The molecule has 1 aromatic heterocycles. The number of anilines is 2. The van der Waals surface area contributed by atoms with E-state index in [2.05, 4.69) is 15.2 Å². The molecule has 1 aliphatic rings. The van der Waals surface area contributed by atoms with Crippen molar-refractivity contribution in [3.05, 3.63) is 18.3 Å². The first-order valence-electron chi connectivity index (χ1n) is 5.94. The van der Waals surface area contributed by atoms with Crippen LogP contribution in [0.1, 0.15) is 19.8 Å². The van der Waals surface area contributed by atoms with Gasteiger partial charge in [0, 0.05) is 13.1 Å². The van der Waals surface area contributed by atoms with Crippen LogP contribution in [0.3, 0.4) is 0 Å². The molecule has 1 aliphatic heterocycles. The van der Waals surface area contributed by atoms with Crippen LogP contribution in [0.15, 0.2) is 18.3 Å². The third kappa shape index (κ3) is 2.94. The van der Waals surface area contributed by atoms with Crippen LogP contribution in [0, 0.1) is 0 Å². The molecule has 0 aliphatic carbocycles. The minimum Gasteiger partial charge on any atom is -0.357 e. The highest BCUT2D eigenvalue weighted by atomic mass is 16.2. The van der Waals surface area contributed by atoms with E-state index in [1.807, 2.05) is 12.1 Å². The van der Waals surface area contributed by atoms with Crippen LogP contribution in [-0.4, -0.2) is 30.0 Å². The number of carbonyl (C=O) groups excluding carboxylic acids is 1. The van der Waals surface area contributed by atoms with Gasteiger partial charge in [-0.15, -0.1) is 0 Å². The van der Waals surface area contributed by atoms with E-state index in [0.717, 1.165) is 18.9 Å². The molecular formula is C12H18N4O. The number of hydrogen-bond donors (Lipinski definition) is 2. The summed E-state index contributed by atoms with van der Waals surface area (Å²) in [5.74, 6) is 0.780. The second-order valence-electron chi connectivity index (χ2n) is 4.38. The van der Waals surface area contributed by atoms with Gasteiger partial charge in [0.1, 0.15) is 5.82 Å². The summed E-state index contributed by atoms with van der Waals surface area (Å²) in [5.41, 5.74) is 6.16. The average Bonchev–Trinajstić information content (AvgIpc) is 2.83. The average molecular weight is 234 g/mol. The Morgan fingerprint density at radius 2 is 2.18 bits per heavy atom. The molecule has 1 saturated heterocycles. The Bertz CT molecular complexity index is 382. The molecule has 1 atom stereocenters. The van der Waals surface area contributed by atoms with Crippen molar-refractivity contribution in [1.29, 1.82) is 0 Å². The number of pyridine rings is 1. The number of nitrogens with one attached hydrogen (secondary N) is 1. The summed E-state index contributed by atoms with van der Waals surface area (Å²) in [5, 5.41) is 2.71. The van der Waals surface area contributed by atoms with Crippen LogP contribution in [0.25, 0.3) is 0 Å². The molecule has 1 fully saturated rings. The van der Waals surface area contributed by atoms with E-state index >= 15 is 0 Å². The molecular weight excluding hydrogens is 216 g/mol. The summed E-state index contributed by atoms with van der Waals surface area (Å²) in [4.78, 5) is 18.0. The van der Waals surface area contributed by atoms with Crippen LogP contribution < -0.4 is 16.0 Å². The first-order chi connectivity index (χ1) is 8.16. The SMILES string of the molecule is C[C@@H](N)C(=O)Nc1ccc(N2CCCC2)nc1. The fourth-order valence-corrected chi connectivity index (χ4v) is 1.85. The lowest BCUT2D eigenvalue weighted by Crippen LogP contribution is -2.32. The van der Waals surface area contributed by atoms with Crippen LogP contribution >= 0.6 is 0 Å². The van der Waals surface area contributed by atoms with Gasteiger partial charge in [0.25, 0.3) is 0 Å². The number of aromatic nitrogens is 1. The number of rotatable bonds is 3. The van der Waals surface area contributed by atoms with Crippen molar-refractivity contribution in [2.75, 3.05) is 23.3 Å². The number of amides is 1. The Balaban J connectivity index is 2.00. The predicted molar refractivity (Wildman–Crippen MR) is 68.0 cm³/mol. The molecule has 0 unspecified atom stereocenters. The fourth-order valence-electron chi connectivity index (χ4n) is 1.85. The second kappa shape index (κ2) is 5.14. The molecule has 0 saturated carbocycles. The summed E-state index contributed by atoms with van der Waals surface area (Å²) in [6, 6.07) is 3.29. The highest BCUT2D eigenvalue weighted by Gasteiger charge is 2.13. The van der Waals surface area contributed by atoms with Crippen LogP contribution in [0.4, 0.5) is 11.5 Å². The van der Waals surface area contributed by atoms with E-state index in [0.29, 0.717) is 5.69 Å². The minimum atomic E-state index is -0.506. The summed E-state index contributed by atoms with van der Waals surface area (Å²) < 4.78 is 0. The van der Waals surface area contributed by atoms with Gasteiger partial charge in [0.15, 0.2) is 0 Å². The van der Waals surface area contributed by atoms with Crippen molar-refractivity contribution in [1.82, 2.24) is 4.98 Å². The fraction of sp³-hybridized carbons (Fsp3) is 0.500. The van der Waals surface area contributed by atoms with Gasteiger partial charge in [-0.2, -0.15) is 0 Å². The maximum absolute atomic E-state index is 11.4. The monoisotopic (exact) mass is 234 g/mol. The normalized spacial score (nSPS) is 16.9. The molecule has 1 amide bonds. The summed E-state index contributed by atoms with van der Waals surface area (Å²) in [7, 11) is 0. The number of hydrogen-bond acceptors (Lipinski definition) is 4. The first kappa shape index (κ1) is 11.9. The zero-order valence-electron chi connectivity index (χ0n) is 10.0. The number of nitrogens with two attached hydrogens (primary N) is 1. The maximum atomic E-state index is 11.4. The summed E-state index contributed by atoms with van der Waals surface area (Å²) >= 11 is 0. The Kier molecular flexibility index (Phi) is 3.58. The van der Waals surface area contributed by atoms with E-state index in [1.54, 1.807) is 13.1 Å². The largest absolute Gasteiger partial charge is 0.357 e. The maximum Gasteiger partial charge on any atom is 0.241 e. The Morgan fingerprint density at radius 1 is 1.47 bits per heavy atom. The Hall–Kier alpha value is -1.62. The van der Waals surface area contributed by atoms with Gasteiger partial charge < -0.3 is 16.0 Å². The van der Waals surface area contributed by atoms with Crippen molar-refractivity contribution in [2.24, 2.45) is 5.73 Å². The summed E-state index contributed by atoms with van der Waals surface area (Å²) in [6.07, 6.45) is 4.13. The van der Waals surface area contributed by atoms with E-state index in [-0.39, 0.29) is 5.91 Å². The third-order valence-corrected chi connectivity index (χ3v) is 2.86. The Morgan fingerprint density at radius 3 is 2.71 bits per heavy atom. The van der Waals surface area contributed by atoms with Crippen molar-refractivity contribution in [3.63, 3.8) is 0 Å². The molecule has 2 rings (SSSR count).